The first kappa shape index (κ1) is 19.1. The van der Waals surface area contributed by atoms with Crippen LogP contribution in [0.1, 0.15) is 36.2 Å². The maximum absolute atomic E-state index is 12.4. The molecule has 5 nitrogen and oxygen atoms in total. The molecule has 5 heteroatoms. The zero-order valence-corrected chi connectivity index (χ0v) is 17.8. The van der Waals surface area contributed by atoms with Crippen LogP contribution in [0.2, 0.25) is 0 Å². The van der Waals surface area contributed by atoms with E-state index in [1.807, 2.05) is 6.07 Å². The number of aryl methyl sites for hydroxylation is 1. The Bertz CT molecular complexity index is 1230. The van der Waals surface area contributed by atoms with Gasteiger partial charge in [-0.15, -0.1) is 0 Å². The highest BCUT2D eigenvalue weighted by Gasteiger charge is 2.25. The maximum atomic E-state index is 12.4. The van der Waals surface area contributed by atoms with Crippen LogP contribution < -0.4 is 0 Å². The van der Waals surface area contributed by atoms with Crippen LogP contribution in [-0.4, -0.2) is 40.4 Å². The second-order valence-corrected chi connectivity index (χ2v) is 8.79. The van der Waals surface area contributed by atoms with E-state index in [-0.39, 0.29) is 5.78 Å². The Hall–Kier alpha value is -2.92. The number of rotatable bonds is 6. The van der Waals surface area contributed by atoms with Crippen LogP contribution in [-0.2, 0) is 13.0 Å². The molecule has 0 radical (unpaired) electrons. The van der Waals surface area contributed by atoms with Gasteiger partial charge in [0.15, 0.2) is 5.78 Å². The summed E-state index contributed by atoms with van der Waals surface area (Å²) in [7, 11) is 2.19. The Labute approximate surface area is 176 Å². The fourth-order valence-electron chi connectivity index (χ4n) is 4.88. The molecule has 2 aromatic heterocycles. The highest BCUT2D eigenvalue weighted by atomic mass is 16.3. The van der Waals surface area contributed by atoms with E-state index >= 15 is 0 Å². The second-order valence-electron chi connectivity index (χ2n) is 8.79. The summed E-state index contributed by atoms with van der Waals surface area (Å²) in [6, 6.07) is 10.6. The van der Waals surface area contributed by atoms with Crippen molar-refractivity contribution >= 4 is 27.6 Å². The number of nitrogens with zero attached hydrogens (tertiary/aromatic N) is 3. The van der Waals surface area contributed by atoms with Gasteiger partial charge in [0, 0.05) is 59.0 Å². The molecule has 0 fully saturated rings. The zero-order chi connectivity index (χ0) is 20.8. The Morgan fingerprint density at radius 1 is 1.17 bits per heavy atom. The van der Waals surface area contributed by atoms with Crippen molar-refractivity contribution in [3.8, 4) is 11.5 Å². The number of ketones is 1. The largest absolute Gasteiger partial charge is 0.445 e. The summed E-state index contributed by atoms with van der Waals surface area (Å²) in [6.45, 7) is 7.47. The van der Waals surface area contributed by atoms with Crippen LogP contribution in [0.3, 0.4) is 0 Å². The number of carbonyl (C=O) groups excluding carboxylic acids is 1. The normalized spacial score (nSPS) is 14.0. The topological polar surface area (TPSA) is 51.3 Å². The highest BCUT2D eigenvalue weighted by Crippen LogP contribution is 2.38. The summed E-state index contributed by atoms with van der Waals surface area (Å²) in [5.41, 5.74) is 5.46. The number of hydrogen-bond donors (Lipinski definition) is 0. The molecule has 0 saturated carbocycles. The lowest BCUT2D eigenvalue weighted by atomic mass is 10.0. The monoisotopic (exact) mass is 401 g/mol. The summed E-state index contributed by atoms with van der Waals surface area (Å²) in [5, 5.41) is 2.40. The van der Waals surface area contributed by atoms with Gasteiger partial charge in [-0.3, -0.25) is 4.79 Å². The fourth-order valence-corrected chi connectivity index (χ4v) is 4.88. The van der Waals surface area contributed by atoms with E-state index in [1.54, 1.807) is 12.5 Å². The summed E-state index contributed by atoms with van der Waals surface area (Å²) in [5.74, 6) is 1.53. The molecule has 1 aliphatic rings. The smallest absolute Gasteiger partial charge is 0.225 e. The third kappa shape index (κ3) is 3.14. The molecule has 30 heavy (non-hydrogen) atoms. The predicted octanol–water partition coefficient (Wildman–Crippen LogP) is 5.17. The van der Waals surface area contributed by atoms with Gasteiger partial charge in [0.1, 0.15) is 6.26 Å². The van der Waals surface area contributed by atoms with Crippen molar-refractivity contribution in [2.24, 2.45) is 5.92 Å². The molecule has 1 aliphatic carbocycles. The molecule has 0 N–H and O–H groups in total. The molecule has 0 saturated heterocycles. The first-order valence-corrected chi connectivity index (χ1v) is 10.7. The van der Waals surface area contributed by atoms with Gasteiger partial charge in [-0.2, -0.15) is 0 Å². The van der Waals surface area contributed by atoms with Gasteiger partial charge in [0.25, 0.3) is 0 Å². The van der Waals surface area contributed by atoms with Gasteiger partial charge in [-0.05, 0) is 55.3 Å². The van der Waals surface area contributed by atoms with Crippen molar-refractivity contribution in [1.29, 1.82) is 0 Å². The molecule has 2 heterocycles. The molecule has 4 aromatic rings. The van der Waals surface area contributed by atoms with E-state index in [2.05, 4.69) is 59.6 Å². The zero-order valence-electron chi connectivity index (χ0n) is 17.8. The molecular formula is C25H27N3O2. The summed E-state index contributed by atoms with van der Waals surface area (Å²) < 4.78 is 7.94. The van der Waals surface area contributed by atoms with Gasteiger partial charge >= 0.3 is 0 Å². The van der Waals surface area contributed by atoms with Gasteiger partial charge in [0.05, 0.1) is 6.20 Å². The van der Waals surface area contributed by atoms with E-state index in [4.69, 9.17) is 4.42 Å². The third-order valence-electron chi connectivity index (χ3n) is 6.10. The summed E-state index contributed by atoms with van der Waals surface area (Å²) >= 11 is 0. The summed E-state index contributed by atoms with van der Waals surface area (Å²) in [4.78, 5) is 19.1. The minimum absolute atomic E-state index is 0.258. The number of aromatic nitrogens is 2. The maximum Gasteiger partial charge on any atom is 0.225 e. The van der Waals surface area contributed by atoms with Crippen LogP contribution in [0.5, 0.6) is 0 Å². The van der Waals surface area contributed by atoms with Crippen LogP contribution in [0.15, 0.2) is 47.2 Å². The third-order valence-corrected chi connectivity index (χ3v) is 6.10. The average molecular weight is 402 g/mol. The molecular weight excluding hydrogens is 374 g/mol. The number of fused-ring (bicyclic) bond motifs is 5. The lowest BCUT2D eigenvalue weighted by molar-refractivity contribution is 0.0994. The van der Waals surface area contributed by atoms with Crippen LogP contribution in [0.4, 0.5) is 0 Å². The number of oxazole rings is 1. The van der Waals surface area contributed by atoms with Crippen molar-refractivity contribution in [3.63, 3.8) is 0 Å². The molecule has 0 amide bonds. The fraction of sp³-hybridized carbons (Fsp3) is 0.360. The standard InChI is InChI=1S/C25H27N3O2/c1-16(2)15-27(3)11-12-28-21-7-4-17(25-26-10-13-30-25)14-20(21)24-19-6-9-23(29)18(19)5-8-22(24)28/h4-5,7-8,10,13-14,16H,6,9,11-12,15H2,1-3H3. The highest BCUT2D eigenvalue weighted by molar-refractivity contribution is 6.15. The second kappa shape index (κ2) is 7.40. The van der Waals surface area contributed by atoms with E-state index in [9.17, 15) is 4.79 Å². The van der Waals surface area contributed by atoms with Crippen molar-refractivity contribution < 1.29 is 9.21 Å². The van der Waals surface area contributed by atoms with Crippen molar-refractivity contribution in [2.45, 2.75) is 33.2 Å². The van der Waals surface area contributed by atoms with Crippen molar-refractivity contribution in [2.75, 3.05) is 20.1 Å². The van der Waals surface area contributed by atoms with Gasteiger partial charge in [-0.25, -0.2) is 4.98 Å². The van der Waals surface area contributed by atoms with E-state index in [1.165, 1.54) is 27.4 Å². The molecule has 0 bridgehead atoms. The van der Waals surface area contributed by atoms with Crippen LogP contribution in [0, 0.1) is 5.92 Å². The van der Waals surface area contributed by atoms with Gasteiger partial charge in [0.2, 0.25) is 5.89 Å². The van der Waals surface area contributed by atoms with Crippen molar-refractivity contribution in [1.82, 2.24) is 14.5 Å². The number of likely N-dealkylation sites (N-methyl/N-ethyl adjacent to an activating group) is 1. The average Bonchev–Trinajstić information content (AvgIpc) is 3.43. The Morgan fingerprint density at radius 2 is 2.00 bits per heavy atom. The Kier molecular flexibility index (Phi) is 4.70. The van der Waals surface area contributed by atoms with E-state index in [0.717, 1.165) is 37.2 Å². The lowest BCUT2D eigenvalue weighted by Crippen LogP contribution is -2.27. The Balaban J connectivity index is 1.68. The van der Waals surface area contributed by atoms with Crippen molar-refractivity contribution in [3.05, 3.63) is 53.9 Å². The predicted molar refractivity (Wildman–Crippen MR) is 120 cm³/mol. The molecule has 0 spiro atoms. The van der Waals surface area contributed by atoms with Crippen LogP contribution >= 0.6 is 0 Å². The first-order valence-electron chi connectivity index (χ1n) is 10.7. The van der Waals surface area contributed by atoms with E-state index in [0.29, 0.717) is 18.2 Å². The summed E-state index contributed by atoms with van der Waals surface area (Å²) in [6.07, 6.45) is 4.70. The quantitative estimate of drug-likeness (QED) is 0.447. The molecule has 0 aliphatic heterocycles. The number of hydrogen-bond acceptors (Lipinski definition) is 4. The minimum atomic E-state index is 0.258. The van der Waals surface area contributed by atoms with Crippen LogP contribution in [0.25, 0.3) is 33.3 Å². The van der Waals surface area contributed by atoms with E-state index < -0.39 is 0 Å². The lowest BCUT2D eigenvalue weighted by Gasteiger charge is -2.20. The van der Waals surface area contributed by atoms with Gasteiger partial charge < -0.3 is 13.9 Å². The number of benzene rings is 2. The molecule has 0 unspecified atom stereocenters. The first-order chi connectivity index (χ1) is 14.5. The number of Topliss-reactive ketones (excluding diaryl/α,β-unsaturated/α-hetero) is 1. The molecule has 2 aromatic carbocycles. The minimum Gasteiger partial charge on any atom is -0.445 e. The number of carbonyl (C=O) groups is 1. The molecule has 154 valence electrons. The Morgan fingerprint density at radius 3 is 2.77 bits per heavy atom. The molecule has 5 rings (SSSR count). The molecule has 0 atom stereocenters. The SMILES string of the molecule is CC(C)CN(C)CCn1c2ccc(-c3ncco3)cc2c2c3c(ccc21)C(=O)CC3. The van der Waals surface area contributed by atoms with Gasteiger partial charge in [-0.1, -0.05) is 13.8 Å².